The summed E-state index contributed by atoms with van der Waals surface area (Å²) in [6.07, 6.45) is 2.07. The summed E-state index contributed by atoms with van der Waals surface area (Å²) in [6, 6.07) is 11.0. The Labute approximate surface area is 182 Å². The fraction of sp³-hybridized carbons (Fsp3) is 0.650. The van der Waals surface area contributed by atoms with E-state index in [1.807, 2.05) is 7.05 Å². The van der Waals surface area contributed by atoms with Gasteiger partial charge in [-0.1, -0.05) is 30.3 Å². The Morgan fingerprint density at radius 2 is 1.81 bits per heavy atom. The molecular weight excluding hydrogens is 453 g/mol. The molecule has 0 saturated heterocycles. The van der Waals surface area contributed by atoms with Gasteiger partial charge in [0.2, 0.25) is 0 Å². The Hall–Kier alpha value is -0.900. The molecule has 2 N–H and O–H groups in total. The smallest absolute Gasteiger partial charge is 0.191 e. The zero-order chi connectivity index (χ0) is 19.2. The van der Waals surface area contributed by atoms with Gasteiger partial charge in [-0.25, -0.2) is 0 Å². The Morgan fingerprint density at radius 3 is 2.41 bits per heavy atom. The molecule has 7 heteroatoms. The van der Waals surface area contributed by atoms with Crippen LogP contribution in [0, 0.1) is 0 Å². The zero-order valence-electron chi connectivity index (χ0n) is 17.6. The van der Waals surface area contributed by atoms with Crippen molar-refractivity contribution >= 4 is 29.9 Å². The maximum absolute atomic E-state index is 5.09. The molecular formula is C20H38IN5O. The minimum atomic E-state index is 0. The highest BCUT2D eigenvalue weighted by Gasteiger charge is 2.13. The molecule has 6 nitrogen and oxygen atoms in total. The Balaban J connectivity index is 0.00000676. The Bertz CT molecular complexity index is 498. The van der Waals surface area contributed by atoms with E-state index in [2.05, 4.69) is 76.9 Å². The van der Waals surface area contributed by atoms with Crippen LogP contribution in [0.25, 0.3) is 0 Å². The molecule has 0 fully saturated rings. The van der Waals surface area contributed by atoms with E-state index in [9.17, 15) is 0 Å². The van der Waals surface area contributed by atoms with Gasteiger partial charge in [0.1, 0.15) is 0 Å². The molecule has 0 bridgehead atoms. The number of nitrogens with one attached hydrogen (secondary N) is 2. The van der Waals surface area contributed by atoms with Gasteiger partial charge in [0.25, 0.3) is 0 Å². The van der Waals surface area contributed by atoms with Crippen LogP contribution in [0.5, 0.6) is 0 Å². The maximum atomic E-state index is 5.09. The molecule has 0 saturated carbocycles. The van der Waals surface area contributed by atoms with E-state index in [-0.39, 0.29) is 24.0 Å². The van der Waals surface area contributed by atoms with Crippen molar-refractivity contribution in [2.24, 2.45) is 4.99 Å². The van der Waals surface area contributed by atoms with Crippen LogP contribution in [0.3, 0.4) is 0 Å². The summed E-state index contributed by atoms with van der Waals surface area (Å²) in [5, 5.41) is 6.85. The monoisotopic (exact) mass is 491 g/mol. The second-order valence-corrected chi connectivity index (χ2v) is 6.84. The maximum Gasteiger partial charge on any atom is 0.191 e. The molecule has 0 aromatic heterocycles. The van der Waals surface area contributed by atoms with Crippen LogP contribution in [0.4, 0.5) is 0 Å². The topological polar surface area (TPSA) is 52.1 Å². The van der Waals surface area contributed by atoms with E-state index in [0.717, 1.165) is 51.6 Å². The SMILES string of the molecule is CN=C(NCCN(C)CCCOC)NCC(Cc1ccccc1)N(C)C.I. The number of hydrogen-bond acceptors (Lipinski definition) is 4. The predicted molar refractivity (Wildman–Crippen MR) is 126 cm³/mol. The number of benzene rings is 1. The Kier molecular flexibility index (Phi) is 15.6. The number of hydrogen-bond donors (Lipinski definition) is 2. The van der Waals surface area contributed by atoms with E-state index in [0.29, 0.717) is 6.04 Å². The van der Waals surface area contributed by atoms with E-state index < -0.39 is 0 Å². The van der Waals surface area contributed by atoms with Crippen LogP contribution < -0.4 is 10.6 Å². The molecule has 1 unspecified atom stereocenters. The summed E-state index contributed by atoms with van der Waals surface area (Å²) in [5.41, 5.74) is 1.36. The Morgan fingerprint density at radius 1 is 1.11 bits per heavy atom. The summed E-state index contributed by atoms with van der Waals surface area (Å²) in [6.45, 7) is 4.56. The molecule has 0 amide bonds. The van der Waals surface area contributed by atoms with Crippen molar-refractivity contribution in [3.8, 4) is 0 Å². The second-order valence-electron chi connectivity index (χ2n) is 6.84. The highest BCUT2D eigenvalue weighted by atomic mass is 127. The number of guanidine groups is 1. The molecule has 27 heavy (non-hydrogen) atoms. The third-order valence-electron chi connectivity index (χ3n) is 4.45. The molecule has 0 spiro atoms. The van der Waals surface area contributed by atoms with E-state index >= 15 is 0 Å². The van der Waals surface area contributed by atoms with Crippen LogP contribution >= 0.6 is 24.0 Å². The van der Waals surface area contributed by atoms with Crippen molar-refractivity contribution in [3.05, 3.63) is 35.9 Å². The molecule has 0 heterocycles. The van der Waals surface area contributed by atoms with Crippen molar-refractivity contribution in [2.45, 2.75) is 18.9 Å². The van der Waals surface area contributed by atoms with Crippen LogP contribution in [0.1, 0.15) is 12.0 Å². The van der Waals surface area contributed by atoms with Gasteiger partial charge in [0, 0.05) is 53.0 Å². The highest BCUT2D eigenvalue weighted by Crippen LogP contribution is 2.06. The minimum Gasteiger partial charge on any atom is -0.385 e. The largest absolute Gasteiger partial charge is 0.385 e. The third-order valence-corrected chi connectivity index (χ3v) is 4.45. The van der Waals surface area contributed by atoms with Gasteiger partial charge < -0.3 is 25.2 Å². The van der Waals surface area contributed by atoms with Gasteiger partial charge in [0.15, 0.2) is 5.96 Å². The fourth-order valence-electron chi connectivity index (χ4n) is 2.71. The summed E-state index contributed by atoms with van der Waals surface area (Å²) in [7, 11) is 9.95. The number of likely N-dealkylation sites (N-methyl/N-ethyl adjacent to an activating group) is 2. The van der Waals surface area contributed by atoms with Crippen LogP contribution in [-0.2, 0) is 11.2 Å². The van der Waals surface area contributed by atoms with Gasteiger partial charge >= 0.3 is 0 Å². The number of ether oxygens (including phenoxy) is 1. The standard InChI is InChI=1S/C20H37N5O.HI/c1-21-20(22-12-14-25(4)13-9-15-26-5)23-17-19(24(2)3)16-18-10-7-6-8-11-18;/h6-8,10-11,19H,9,12-17H2,1-5H3,(H2,21,22,23);1H. The minimum absolute atomic E-state index is 0. The molecule has 0 radical (unpaired) electrons. The van der Waals surface area contributed by atoms with Crippen LogP contribution in [0.15, 0.2) is 35.3 Å². The van der Waals surface area contributed by atoms with Gasteiger partial charge in [-0.05, 0) is 39.5 Å². The first-order valence-electron chi connectivity index (χ1n) is 9.39. The zero-order valence-corrected chi connectivity index (χ0v) is 19.9. The van der Waals surface area contributed by atoms with Crippen molar-refractivity contribution < 1.29 is 4.74 Å². The van der Waals surface area contributed by atoms with Gasteiger partial charge in [-0.2, -0.15) is 0 Å². The lowest BCUT2D eigenvalue weighted by atomic mass is 10.1. The number of nitrogens with zero attached hydrogens (tertiary/aromatic N) is 3. The molecule has 0 aliphatic heterocycles. The number of halogens is 1. The first-order chi connectivity index (χ1) is 12.6. The predicted octanol–water partition coefficient (Wildman–Crippen LogP) is 1.91. The third kappa shape index (κ3) is 12.2. The normalized spacial score (nSPS) is 12.8. The molecule has 0 aliphatic rings. The lowest BCUT2D eigenvalue weighted by Gasteiger charge is -2.26. The molecule has 156 valence electrons. The van der Waals surface area contributed by atoms with Gasteiger partial charge in [0.05, 0.1) is 0 Å². The lowest BCUT2D eigenvalue weighted by Crippen LogP contribution is -2.47. The van der Waals surface area contributed by atoms with E-state index in [1.165, 1.54) is 5.56 Å². The first kappa shape index (κ1) is 26.1. The van der Waals surface area contributed by atoms with Crippen molar-refractivity contribution in [3.63, 3.8) is 0 Å². The second kappa shape index (κ2) is 16.1. The number of aliphatic imine (C=N–C) groups is 1. The lowest BCUT2D eigenvalue weighted by molar-refractivity contribution is 0.180. The quantitative estimate of drug-likeness (QED) is 0.203. The number of methoxy groups -OCH3 is 1. The number of rotatable bonds is 12. The van der Waals surface area contributed by atoms with Crippen molar-refractivity contribution in [1.29, 1.82) is 0 Å². The average molecular weight is 491 g/mol. The molecule has 0 aliphatic carbocycles. The van der Waals surface area contributed by atoms with E-state index in [1.54, 1.807) is 7.11 Å². The average Bonchev–Trinajstić information content (AvgIpc) is 2.64. The van der Waals surface area contributed by atoms with Crippen molar-refractivity contribution in [1.82, 2.24) is 20.4 Å². The molecule has 1 atom stereocenters. The first-order valence-corrected chi connectivity index (χ1v) is 9.39. The summed E-state index contributed by atoms with van der Waals surface area (Å²) in [4.78, 5) is 8.90. The van der Waals surface area contributed by atoms with Gasteiger partial charge in [-0.15, -0.1) is 24.0 Å². The van der Waals surface area contributed by atoms with Crippen LogP contribution in [0.2, 0.25) is 0 Å². The van der Waals surface area contributed by atoms with Crippen LogP contribution in [-0.4, -0.2) is 89.9 Å². The summed E-state index contributed by atoms with van der Waals surface area (Å²) < 4.78 is 5.09. The van der Waals surface area contributed by atoms with Gasteiger partial charge in [-0.3, -0.25) is 4.99 Å². The fourth-order valence-corrected chi connectivity index (χ4v) is 2.71. The molecule has 1 rings (SSSR count). The summed E-state index contributed by atoms with van der Waals surface area (Å²) >= 11 is 0. The van der Waals surface area contributed by atoms with E-state index in [4.69, 9.17) is 4.74 Å². The van der Waals surface area contributed by atoms with Crippen molar-refractivity contribution in [2.75, 3.05) is 68.1 Å². The highest BCUT2D eigenvalue weighted by molar-refractivity contribution is 14.0. The summed E-state index contributed by atoms with van der Waals surface area (Å²) in [5.74, 6) is 0.857. The molecule has 1 aromatic carbocycles. The molecule has 1 aromatic rings.